The first-order valence-electron chi connectivity index (χ1n) is 6.01. The molecule has 0 aromatic rings. The van der Waals surface area contributed by atoms with E-state index >= 15 is 0 Å². The Bertz CT molecular complexity index is 360. The lowest BCUT2D eigenvalue weighted by Crippen LogP contribution is -2.12. The summed E-state index contributed by atoms with van der Waals surface area (Å²) in [5.74, 6) is 0.595. The van der Waals surface area contributed by atoms with Crippen molar-refractivity contribution < 1.29 is 4.79 Å². The van der Waals surface area contributed by atoms with E-state index in [4.69, 9.17) is 0 Å². The Morgan fingerprint density at radius 2 is 2.17 bits per heavy atom. The van der Waals surface area contributed by atoms with Gasteiger partial charge in [0, 0.05) is 5.75 Å². The van der Waals surface area contributed by atoms with E-state index < -0.39 is 0 Å². The second-order valence-electron chi connectivity index (χ2n) is 3.62. The van der Waals surface area contributed by atoms with Gasteiger partial charge < -0.3 is 5.32 Å². The number of allylic oxidation sites excluding steroid dienone is 2. The lowest BCUT2D eigenvalue weighted by molar-refractivity contribution is -0.118. The SMILES string of the molecule is CCC.C\C=C(/N=C1/CC(=O)N/C1=C/CS)SC. The zero-order valence-electron chi connectivity index (χ0n) is 11.5. The van der Waals surface area contributed by atoms with Crippen LogP contribution >= 0.6 is 24.4 Å². The third-order valence-electron chi connectivity index (χ3n) is 1.91. The number of rotatable bonds is 3. The highest BCUT2D eigenvalue weighted by Gasteiger charge is 2.21. The quantitative estimate of drug-likeness (QED) is 0.781. The Balaban J connectivity index is 0.000000873. The first-order chi connectivity index (χ1) is 8.62. The predicted octanol–water partition coefficient (Wildman–Crippen LogP) is 3.40. The maximum absolute atomic E-state index is 11.2. The van der Waals surface area contributed by atoms with Crippen LogP contribution in [0, 0.1) is 0 Å². The lowest BCUT2D eigenvalue weighted by atomic mass is 10.2. The van der Waals surface area contributed by atoms with Gasteiger partial charge in [-0.2, -0.15) is 12.6 Å². The summed E-state index contributed by atoms with van der Waals surface area (Å²) in [7, 11) is 0. The second kappa shape index (κ2) is 10.3. The molecule has 0 aromatic heterocycles. The fourth-order valence-electron chi connectivity index (χ4n) is 1.23. The normalized spacial score (nSPS) is 19.8. The minimum atomic E-state index is -0.00154. The van der Waals surface area contributed by atoms with Crippen LogP contribution in [0.1, 0.15) is 33.6 Å². The molecule has 0 spiro atoms. The third kappa shape index (κ3) is 6.31. The van der Waals surface area contributed by atoms with E-state index in [0.29, 0.717) is 12.2 Å². The minimum Gasteiger partial charge on any atom is -0.324 e. The molecule has 1 heterocycles. The molecule has 1 aliphatic rings. The summed E-state index contributed by atoms with van der Waals surface area (Å²) in [6, 6.07) is 0. The van der Waals surface area contributed by atoms with Gasteiger partial charge in [0.2, 0.25) is 5.91 Å². The highest BCUT2D eigenvalue weighted by molar-refractivity contribution is 8.02. The van der Waals surface area contributed by atoms with Crippen molar-refractivity contribution in [2.45, 2.75) is 33.6 Å². The molecule has 0 aromatic carbocycles. The van der Waals surface area contributed by atoms with Gasteiger partial charge in [-0.05, 0) is 19.3 Å². The zero-order chi connectivity index (χ0) is 14.0. The molecule has 1 aliphatic heterocycles. The topological polar surface area (TPSA) is 41.5 Å². The summed E-state index contributed by atoms with van der Waals surface area (Å²) in [4.78, 5) is 15.6. The molecular formula is C13H22N2OS2. The van der Waals surface area contributed by atoms with E-state index in [1.807, 2.05) is 25.3 Å². The third-order valence-corrected chi connectivity index (χ3v) is 2.84. The van der Waals surface area contributed by atoms with Gasteiger partial charge in [-0.3, -0.25) is 4.79 Å². The van der Waals surface area contributed by atoms with Crippen LogP contribution in [-0.4, -0.2) is 23.6 Å². The first kappa shape index (κ1) is 17.3. The summed E-state index contributed by atoms with van der Waals surface area (Å²) in [5, 5.41) is 3.69. The zero-order valence-corrected chi connectivity index (χ0v) is 13.2. The fraction of sp³-hybridized carbons (Fsp3) is 0.538. The molecule has 0 bridgehead atoms. The maximum atomic E-state index is 11.2. The molecule has 0 unspecified atom stereocenters. The van der Waals surface area contributed by atoms with Crippen LogP contribution in [0.3, 0.4) is 0 Å². The highest BCUT2D eigenvalue weighted by Crippen LogP contribution is 2.17. The number of amides is 1. The van der Waals surface area contributed by atoms with E-state index in [0.717, 1.165) is 16.4 Å². The molecule has 0 saturated carbocycles. The lowest BCUT2D eigenvalue weighted by Gasteiger charge is -2.00. The van der Waals surface area contributed by atoms with Crippen molar-refractivity contribution in [3.63, 3.8) is 0 Å². The smallest absolute Gasteiger partial charge is 0.230 e. The van der Waals surface area contributed by atoms with Gasteiger partial charge in [0.05, 0.1) is 22.9 Å². The van der Waals surface area contributed by atoms with Gasteiger partial charge in [-0.25, -0.2) is 4.99 Å². The van der Waals surface area contributed by atoms with Gasteiger partial charge in [0.1, 0.15) is 0 Å². The maximum Gasteiger partial charge on any atom is 0.230 e. The molecule has 0 atom stereocenters. The van der Waals surface area contributed by atoms with Crippen LogP contribution in [0.25, 0.3) is 0 Å². The first-order valence-corrected chi connectivity index (χ1v) is 7.87. The Hall–Kier alpha value is -0.680. The summed E-state index contributed by atoms with van der Waals surface area (Å²) < 4.78 is 0. The van der Waals surface area contributed by atoms with Crippen molar-refractivity contribution in [1.82, 2.24) is 5.32 Å². The average Bonchev–Trinajstić information content (AvgIpc) is 2.68. The van der Waals surface area contributed by atoms with Crippen LogP contribution in [0.15, 0.2) is 27.9 Å². The molecule has 18 heavy (non-hydrogen) atoms. The summed E-state index contributed by atoms with van der Waals surface area (Å²) in [5.41, 5.74) is 1.60. The summed E-state index contributed by atoms with van der Waals surface area (Å²) in [6.07, 6.45) is 7.36. The highest BCUT2D eigenvalue weighted by atomic mass is 32.2. The second-order valence-corrected chi connectivity index (χ2v) is 4.81. The number of hydrogen-bond acceptors (Lipinski definition) is 4. The van der Waals surface area contributed by atoms with Crippen molar-refractivity contribution in [1.29, 1.82) is 0 Å². The van der Waals surface area contributed by atoms with Crippen molar-refractivity contribution in [2.75, 3.05) is 12.0 Å². The molecule has 1 fully saturated rings. The van der Waals surface area contributed by atoms with Crippen LogP contribution in [-0.2, 0) is 4.79 Å². The fourth-order valence-corrected chi connectivity index (χ4v) is 1.85. The van der Waals surface area contributed by atoms with Crippen molar-refractivity contribution in [3.05, 3.63) is 22.9 Å². The van der Waals surface area contributed by atoms with Crippen molar-refractivity contribution >= 4 is 36.0 Å². The molecule has 1 saturated heterocycles. The van der Waals surface area contributed by atoms with Crippen LogP contribution in [0.5, 0.6) is 0 Å². The molecule has 0 aliphatic carbocycles. The van der Waals surface area contributed by atoms with E-state index in [9.17, 15) is 4.79 Å². The Morgan fingerprint density at radius 1 is 1.56 bits per heavy atom. The summed E-state index contributed by atoms with van der Waals surface area (Å²) in [6.45, 7) is 6.18. The molecule has 1 amide bonds. The largest absolute Gasteiger partial charge is 0.324 e. The Morgan fingerprint density at radius 3 is 2.61 bits per heavy atom. The number of carbonyl (C=O) groups excluding carboxylic acids is 1. The summed E-state index contributed by atoms with van der Waals surface area (Å²) >= 11 is 5.67. The van der Waals surface area contributed by atoms with E-state index in [2.05, 4.69) is 36.8 Å². The molecule has 3 nitrogen and oxygen atoms in total. The van der Waals surface area contributed by atoms with Gasteiger partial charge in [0.25, 0.3) is 0 Å². The van der Waals surface area contributed by atoms with Crippen molar-refractivity contribution in [3.8, 4) is 0 Å². The van der Waals surface area contributed by atoms with Gasteiger partial charge in [0.15, 0.2) is 0 Å². The van der Waals surface area contributed by atoms with Gasteiger partial charge in [-0.15, -0.1) is 11.8 Å². The number of nitrogens with zero attached hydrogens (tertiary/aromatic N) is 1. The Labute approximate surface area is 120 Å². The monoisotopic (exact) mass is 286 g/mol. The number of carbonyl (C=O) groups is 1. The van der Waals surface area contributed by atoms with Crippen LogP contribution in [0.4, 0.5) is 0 Å². The predicted molar refractivity (Wildman–Crippen MR) is 85.4 cm³/mol. The molecule has 0 radical (unpaired) electrons. The van der Waals surface area contributed by atoms with Crippen LogP contribution < -0.4 is 5.32 Å². The van der Waals surface area contributed by atoms with Gasteiger partial charge in [-0.1, -0.05) is 26.3 Å². The average molecular weight is 286 g/mol. The number of thiol groups is 1. The number of hydrogen-bond donors (Lipinski definition) is 2. The number of aliphatic imine (C=N–C) groups is 1. The van der Waals surface area contributed by atoms with Crippen molar-refractivity contribution in [2.24, 2.45) is 4.99 Å². The minimum absolute atomic E-state index is 0.00154. The molecule has 5 heteroatoms. The van der Waals surface area contributed by atoms with E-state index in [1.54, 1.807) is 11.8 Å². The van der Waals surface area contributed by atoms with E-state index in [-0.39, 0.29) is 5.91 Å². The van der Waals surface area contributed by atoms with Crippen LogP contribution in [0.2, 0.25) is 0 Å². The molecule has 102 valence electrons. The van der Waals surface area contributed by atoms with Gasteiger partial charge >= 0.3 is 0 Å². The standard InChI is InChI=1S/C10H14N2OS2.C3H8/c1-3-10(15-2)12-8-6-9(13)11-7(8)4-5-14;1-3-2/h3-4,14H,5-6H2,1-2H3,(H,11,13);3H2,1-2H3/b7-4+,10-3+,12-8-;. The molecular weight excluding hydrogens is 264 g/mol. The molecule has 1 rings (SSSR count). The molecule has 1 N–H and O–H groups in total. The number of nitrogens with one attached hydrogen (secondary N) is 1. The van der Waals surface area contributed by atoms with E-state index in [1.165, 1.54) is 6.42 Å². The Kier molecular flexibility index (Phi) is 9.87. The number of thioether (sulfide) groups is 1.